The summed E-state index contributed by atoms with van der Waals surface area (Å²) in [6.45, 7) is 3.84. The summed E-state index contributed by atoms with van der Waals surface area (Å²) in [4.78, 5) is 24.2. The Morgan fingerprint density at radius 1 is 1.04 bits per heavy atom. The normalized spacial score (nSPS) is 14.5. The molecule has 0 heterocycles. The van der Waals surface area contributed by atoms with Crippen LogP contribution in [-0.2, 0) is 14.3 Å². The van der Waals surface area contributed by atoms with Crippen LogP contribution in [0.15, 0.2) is 41.8 Å². The minimum Gasteiger partial charge on any atom is -0.463 e. The summed E-state index contributed by atoms with van der Waals surface area (Å²) in [6, 6.07) is 7.81. The number of carbonyl (C=O) groups excluding carboxylic acids is 2. The minimum absolute atomic E-state index is 0.0751. The molecule has 0 atom stereocenters. The predicted octanol–water partition coefficient (Wildman–Crippen LogP) is 5.55. The van der Waals surface area contributed by atoms with Gasteiger partial charge in [0.1, 0.15) is 5.75 Å². The molecule has 1 aromatic rings. The van der Waals surface area contributed by atoms with Gasteiger partial charge in [-0.15, -0.1) is 11.8 Å². The molecule has 0 amide bonds. The van der Waals surface area contributed by atoms with Gasteiger partial charge in [0.25, 0.3) is 0 Å². The Hall–Kier alpha value is -1.75. The maximum absolute atomic E-state index is 12.2. The average Bonchev–Trinajstić information content (AvgIpc) is 2.71. The van der Waals surface area contributed by atoms with Gasteiger partial charge in [-0.3, -0.25) is 4.79 Å². The molecule has 1 fully saturated rings. The van der Waals surface area contributed by atoms with Crippen LogP contribution in [0.5, 0.6) is 5.75 Å². The van der Waals surface area contributed by atoms with Crippen molar-refractivity contribution in [3.63, 3.8) is 0 Å². The summed E-state index contributed by atoms with van der Waals surface area (Å²) in [5, 5.41) is 0. The van der Waals surface area contributed by atoms with Crippen molar-refractivity contribution in [3.8, 4) is 5.75 Å². The van der Waals surface area contributed by atoms with E-state index < -0.39 is 0 Å². The average molecular weight is 391 g/mol. The van der Waals surface area contributed by atoms with E-state index in [2.05, 4.69) is 6.58 Å². The zero-order valence-electron chi connectivity index (χ0n) is 16.0. The molecule has 0 saturated heterocycles. The lowest BCUT2D eigenvalue weighted by molar-refractivity contribution is -0.140. The highest BCUT2D eigenvalue weighted by atomic mass is 32.2. The van der Waals surface area contributed by atoms with Gasteiger partial charge in [-0.25, -0.2) is 4.79 Å². The summed E-state index contributed by atoms with van der Waals surface area (Å²) < 4.78 is 10.5. The largest absolute Gasteiger partial charge is 0.463 e. The Morgan fingerprint density at radius 3 is 2.44 bits per heavy atom. The van der Waals surface area contributed by atoms with Crippen LogP contribution in [0.4, 0.5) is 0 Å². The second kappa shape index (κ2) is 12.6. The molecule has 27 heavy (non-hydrogen) atoms. The molecule has 0 spiro atoms. The van der Waals surface area contributed by atoms with Crippen molar-refractivity contribution in [1.82, 2.24) is 0 Å². The van der Waals surface area contributed by atoms with E-state index in [1.165, 1.54) is 17.4 Å². The molecular formula is C22H30O4S. The highest BCUT2D eigenvalue weighted by molar-refractivity contribution is 7.99. The second-order valence-electron chi connectivity index (χ2n) is 6.86. The Kier molecular flexibility index (Phi) is 10.1. The highest BCUT2D eigenvalue weighted by Gasteiger charge is 2.22. The summed E-state index contributed by atoms with van der Waals surface area (Å²) in [6.07, 6.45) is 10.8. The summed E-state index contributed by atoms with van der Waals surface area (Å²) in [5.41, 5.74) is 0. The molecule has 0 aliphatic heterocycles. The monoisotopic (exact) mass is 390 g/mol. The first-order valence-corrected chi connectivity index (χ1v) is 10.9. The van der Waals surface area contributed by atoms with Crippen LogP contribution < -0.4 is 4.74 Å². The van der Waals surface area contributed by atoms with E-state index in [0.29, 0.717) is 12.4 Å². The lowest BCUT2D eigenvalue weighted by Crippen LogP contribution is -2.22. The molecule has 1 saturated carbocycles. The molecule has 0 bridgehead atoms. The van der Waals surface area contributed by atoms with Crippen molar-refractivity contribution in [2.75, 3.05) is 12.4 Å². The Morgan fingerprint density at radius 2 is 1.74 bits per heavy atom. The Balaban J connectivity index is 1.56. The number of unbranched alkanes of at least 4 members (excludes halogenated alkanes) is 3. The van der Waals surface area contributed by atoms with E-state index in [9.17, 15) is 9.59 Å². The molecule has 4 nitrogen and oxygen atoms in total. The fourth-order valence-electron chi connectivity index (χ4n) is 3.12. The quantitative estimate of drug-likeness (QED) is 0.163. The zero-order valence-corrected chi connectivity index (χ0v) is 16.8. The number of esters is 2. The maximum atomic E-state index is 12.2. The fourth-order valence-corrected chi connectivity index (χ4v) is 4.03. The molecule has 0 unspecified atom stereocenters. The summed E-state index contributed by atoms with van der Waals surface area (Å²) in [5.74, 6) is 1.34. The fraction of sp³-hybridized carbons (Fsp3) is 0.545. The SMILES string of the molecule is C=CC(=O)OCCCCCCSc1ccc(OC(=O)C2CCCCC2)cc1. The molecule has 0 radical (unpaired) electrons. The van der Waals surface area contributed by atoms with Crippen LogP contribution in [0, 0.1) is 5.92 Å². The van der Waals surface area contributed by atoms with Crippen LogP contribution in [0.1, 0.15) is 57.8 Å². The van der Waals surface area contributed by atoms with Gasteiger partial charge in [-0.05, 0) is 55.7 Å². The third-order valence-electron chi connectivity index (χ3n) is 4.70. The van der Waals surface area contributed by atoms with E-state index in [1.54, 1.807) is 0 Å². The van der Waals surface area contributed by atoms with Crippen LogP contribution in [0.25, 0.3) is 0 Å². The zero-order chi connectivity index (χ0) is 19.3. The van der Waals surface area contributed by atoms with Crippen molar-refractivity contribution in [1.29, 1.82) is 0 Å². The predicted molar refractivity (Wildman–Crippen MR) is 109 cm³/mol. The summed E-state index contributed by atoms with van der Waals surface area (Å²) in [7, 11) is 0. The third kappa shape index (κ3) is 8.65. The molecule has 2 rings (SSSR count). The topological polar surface area (TPSA) is 52.6 Å². The minimum atomic E-state index is -0.349. The van der Waals surface area contributed by atoms with Gasteiger partial charge in [0.2, 0.25) is 0 Å². The van der Waals surface area contributed by atoms with Crippen LogP contribution in [0.3, 0.4) is 0 Å². The number of thioether (sulfide) groups is 1. The molecule has 0 N–H and O–H groups in total. The van der Waals surface area contributed by atoms with Crippen molar-refractivity contribution >= 4 is 23.7 Å². The smallest absolute Gasteiger partial charge is 0.330 e. The summed E-state index contributed by atoms with van der Waals surface area (Å²) >= 11 is 1.81. The van der Waals surface area contributed by atoms with Crippen LogP contribution in [0.2, 0.25) is 0 Å². The first-order valence-electron chi connectivity index (χ1n) is 9.93. The van der Waals surface area contributed by atoms with Crippen molar-refractivity contribution < 1.29 is 19.1 Å². The Labute approximate surface area is 166 Å². The van der Waals surface area contributed by atoms with Crippen LogP contribution in [-0.4, -0.2) is 24.3 Å². The Bertz CT molecular complexity index is 591. The van der Waals surface area contributed by atoms with E-state index in [0.717, 1.165) is 57.1 Å². The van der Waals surface area contributed by atoms with E-state index in [-0.39, 0.29) is 17.9 Å². The number of benzene rings is 1. The molecule has 148 valence electrons. The molecule has 1 aromatic carbocycles. The van der Waals surface area contributed by atoms with Gasteiger partial charge in [-0.1, -0.05) is 38.7 Å². The van der Waals surface area contributed by atoms with Gasteiger partial charge < -0.3 is 9.47 Å². The number of rotatable bonds is 11. The van der Waals surface area contributed by atoms with Crippen molar-refractivity contribution in [3.05, 3.63) is 36.9 Å². The maximum Gasteiger partial charge on any atom is 0.330 e. The van der Waals surface area contributed by atoms with Crippen molar-refractivity contribution in [2.24, 2.45) is 5.92 Å². The lowest BCUT2D eigenvalue weighted by Gasteiger charge is -2.19. The molecule has 1 aliphatic rings. The number of carbonyl (C=O) groups is 2. The molecule has 0 aromatic heterocycles. The first kappa shape index (κ1) is 21.5. The van der Waals surface area contributed by atoms with E-state index >= 15 is 0 Å². The highest BCUT2D eigenvalue weighted by Crippen LogP contribution is 2.27. The third-order valence-corrected chi connectivity index (χ3v) is 5.80. The second-order valence-corrected chi connectivity index (χ2v) is 8.03. The van der Waals surface area contributed by atoms with E-state index in [4.69, 9.17) is 9.47 Å². The molecule has 5 heteroatoms. The van der Waals surface area contributed by atoms with Gasteiger partial charge in [0, 0.05) is 11.0 Å². The molecule has 1 aliphatic carbocycles. The number of hydrogen-bond acceptors (Lipinski definition) is 5. The first-order chi connectivity index (χ1) is 13.2. The molecular weight excluding hydrogens is 360 g/mol. The number of hydrogen-bond donors (Lipinski definition) is 0. The van der Waals surface area contributed by atoms with Crippen molar-refractivity contribution in [2.45, 2.75) is 62.7 Å². The van der Waals surface area contributed by atoms with Gasteiger partial charge in [0.05, 0.1) is 12.5 Å². The lowest BCUT2D eigenvalue weighted by atomic mass is 9.89. The van der Waals surface area contributed by atoms with Gasteiger partial charge >= 0.3 is 11.9 Å². The van der Waals surface area contributed by atoms with E-state index in [1.807, 2.05) is 36.0 Å². The number of ether oxygens (including phenoxy) is 2. The van der Waals surface area contributed by atoms with Gasteiger partial charge in [-0.2, -0.15) is 0 Å². The standard InChI is InChI=1S/C22H30O4S/c1-2-21(23)25-16-8-3-4-9-17-27-20-14-12-19(13-15-20)26-22(24)18-10-6-5-7-11-18/h2,12-15,18H,1,3-11,16-17H2. The van der Waals surface area contributed by atoms with Crippen LogP contribution >= 0.6 is 11.8 Å². The van der Waals surface area contributed by atoms with Gasteiger partial charge in [0.15, 0.2) is 0 Å².